The van der Waals surface area contributed by atoms with E-state index in [-0.39, 0.29) is 24.2 Å². The minimum atomic E-state index is -0.305. The molecule has 0 aliphatic heterocycles. The number of methoxy groups -OCH3 is 1. The molecule has 1 N–H and O–H groups in total. The van der Waals surface area contributed by atoms with Crippen LogP contribution in [0.25, 0.3) is 11.4 Å². The summed E-state index contributed by atoms with van der Waals surface area (Å²) in [5.41, 5.74) is 1.61. The lowest BCUT2D eigenvalue weighted by Crippen LogP contribution is -2.26. The van der Waals surface area contributed by atoms with Crippen LogP contribution in [0.1, 0.15) is 30.8 Å². The van der Waals surface area contributed by atoms with Crippen LogP contribution in [0.2, 0.25) is 0 Å². The number of hydrogen-bond acceptors (Lipinski definition) is 5. The fourth-order valence-electron chi connectivity index (χ4n) is 2.60. The molecule has 2 aromatic carbocycles. The van der Waals surface area contributed by atoms with Gasteiger partial charge < -0.3 is 14.6 Å². The topological polar surface area (TPSA) is 77.2 Å². The highest BCUT2D eigenvalue weighted by molar-refractivity contribution is 5.76. The Kier molecular flexibility index (Phi) is 5.80. The maximum absolute atomic E-state index is 13.0. The van der Waals surface area contributed by atoms with Crippen molar-refractivity contribution in [2.24, 2.45) is 0 Å². The van der Waals surface area contributed by atoms with Crippen molar-refractivity contribution in [2.45, 2.75) is 25.8 Å². The standard InChI is InChI=1S/C20H20FN3O3/c1-13(14-6-8-16(21)9-7-14)22-18(25)10-11-19-23-20(24-27-19)15-4-3-5-17(12-15)26-2/h3-9,12-13H,10-11H2,1-2H3,(H,22,25)/t13-/m1/s1. The van der Waals surface area contributed by atoms with Crippen LogP contribution >= 0.6 is 0 Å². The molecule has 0 radical (unpaired) electrons. The lowest BCUT2D eigenvalue weighted by molar-refractivity contribution is -0.121. The van der Waals surface area contributed by atoms with Gasteiger partial charge in [-0.3, -0.25) is 4.79 Å². The van der Waals surface area contributed by atoms with Gasteiger partial charge in [0.25, 0.3) is 0 Å². The van der Waals surface area contributed by atoms with E-state index in [1.165, 1.54) is 12.1 Å². The molecule has 3 rings (SSSR count). The van der Waals surface area contributed by atoms with Crippen LogP contribution in [0.15, 0.2) is 53.1 Å². The number of hydrogen-bond donors (Lipinski definition) is 1. The average molecular weight is 369 g/mol. The molecule has 3 aromatic rings. The Labute approximate surface area is 156 Å². The van der Waals surface area contributed by atoms with Crippen molar-refractivity contribution >= 4 is 5.91 Å². The van der Waals surface area contributed by atoms with E-state index in [4.69, 9.17) is 9.26 Å². The van der Waals surface area contributed by atoms with E-state index >= 15 is 0 Å². The molecule has 140 valence electrons. The molecule has 27 heavy (non-hydrogen) atoms. The van der Waals surface area contributed by atoms with Crippen LogP contribution < -0.4 is 10.1 Å². The SMILES string of the molecule is COc1cccc(-c2noc(CCC(=O)N[C@H](C)c3ccc(F)cc3)n2)c1. The van der Waals surface area contributed by atoms with E-state index in [0.717, 1.165) is 11.1 Å². The fourth-order valence-corrected chi connectivity index (χ4v) is 2.60. The molecule has 0 unspecified atom stereocenters. The number of halogens is 1. The van der Waals surface area contributed by atoms with Gasteiger partial charge in [0.2, 0.25) is 17.6 Å². The highest BCUT2D eigenvalue weighted by Gasteiger charge is 2.13. The molecule has 6 nitrogen and oxygen atoms in total. The molecule has 1 aromatic heterocycles. The maximum Gasteiger partial charge on any atom is 0.227 e. The normalized spacial score (nSPS) is 11.8. The average Bonchev–Trinajstić information content (AvgIpc) is 3.16. The molecular weight excluding hydrogens is 349 g/mol. The first kappa shape index (κ1) is 18.6. The van der Waals surface area contributed by atoms with E-state index in [9.17, 15) is 9.18 Å². The number of carbonyl (C=O) groups excluding carboxylic acids is 1. The Bertz CT molecular complexity index is 909. The number of aromatic nitrogens is 2. The summed E-state index contributed by atoms with van der Waals surface area (Å²) in [6.07, 6.45) is 0.546. The molecule has 0 saturated heterocycles. The summed E-state index contributed by atoms with van der Waals surface area (Å²) in [6.45, 7) is 1.85. The molecule has 0 aliphatic carbocycles. The number of nitrogens with one attached hydrogen (secondary N) is 1. The molecule has 7 heteroatoms. The van der Waals surface area contributed by atoms with Crippen molar-refractivity contribution in [1.29, 1.82) is 0 Å². The Hall–Kier alpha value is -3.22. The van der Waals surface area contributed by atoms with Crippen molar-refractivity contribution < 1.29 is 18.4 Å². The van der Waals surface area contributed by atoms with Gasteiger partial charge in [-0.1, -0.05) is 29.4 Å². The van der Waals surface area contributed by atoms with Crippen molar-refractivity contribution in [3.8, 4) is 17.1 Å². The summed E-state index contributed by atoms with van der Waals surface area (Å²) in [5.74, 6) is 1.09. The third-order valence-electron chi connectivity index (χ3n) is 4.11. The summed E-state index contributed by atoms with van der Waals surface area (Å²) in [7, 11) is 1.59. The Morgan fingerprint density at radius 3 is 2.78 bits per heavy atom. The highest BCUT2D eigenvalue weighted by Crippen LogP contribution is 2.21. The predicted molar refractivity (Wildman–Crippen MR) is 97.6 cm³/mol. The van der Waals surface area contributed by atoms with E-state index in [0.29, 0.717) is 23.9 Å². The third kappa shape index (κ3) is 4.91. The smallest absolute Gasteiger partial charge is 0.227 e. The molecule has 1 atom stereocenters. The van der Waals surface area contributed by atoms with Crippen LogP contribution in [0.4, 0.5) is 4.39 Å². The first-order valence-corrected chi connectivity index (χ1v) is 8.57. The summed E-state index contributed by atoms with van der Waals surface area (Å²) in [5, 5.41) is 6.82. The predicted octanol–water partition coefficient (Wildman–Crippen LogP) is 3.69. The highest BCUT2D eigenvalue weighted by atomic mass is 19.1. The van der Waals surface area contributed by atoms with Gasteiger partial charge in [-0.15, -0.1) is 0 Å². The van der Waals surface area contributed by atoms with Gasteiger partial charge in [-0.25, -0.2) is 4.39 Å². The number of carbonyl (C=O) groups is 1. The largest absolute Gasteiger partial charge is 0.497 e. The first-order chi connectivity index (χ1) is 13.0. The zero-order valence-electron chi connectivity index (χ0n) is 15.1. The van der Waals surface area contributed by atoms with Crippen molar-refractivity contribution in [3.63, 3.8) is 0 Å². The van der Waals surface area contributed by atoms with Crippen LogP contribution in [0.5, 0.6) is 5.75 Å². The van der Waals surface area contributed by atoms with Gasteiger partial charge in [0.1, 0.15) is 11.6 Å². The number of aryl methyl sites for hydroxylation is 1. The summed E-state index contributed by atoms with van der Waals surface area (Å²) < 4.78 is 23.4. The van der Waals surface area contributed by atoms with Gasteiger partial charge in [-0.05, 0) is 36.8 Å². The first-order valence-electron chi connectivity index (χ1n) is 8.57. The number of nitrogens with zero attached hydrogens (tertiary/aromatic N) is 2. The fraction of sp³-hybridized carbons (Fsp3) is 0.250. The molecule has 0 bridgehead atoms. The molecule has 0 spiro atoms. The number of rotatable bonds is 7. The Morgan fingerprint density at radius 2 is 2.04 bits per heavy atom. The lowest BCUT2D eigenvalue weighted by Gasteiger charge is -2.13. The van der Waals surface area contributed by atoms with Crippen LogP contribution in [-0.2, 0) is 11.2 Å². The summed E-state index contributed by atoms with van der Waals surface area (Å²) in [4.78, 5) is 16.5. The van der Waals surface area contributed by atoms with Gasteiger partial charge in [0, 0.05) is 18.4 Å². The molecule has 0 fully saturated rings. The molecule has 0 aliphatic rings. The zero-order chi connectivity index (χ0) is 19.2. The maximum atomic E-state index is 13.0. The van der Waals surface area contributed by atoms with E-state index in [1.54, 1.807) is 19.2 Å². The Balaban J connectivity index is 1.54. The minimum absolute atomic E-state index is 0.145. The minimum Gasteiger partial charge on any atom is -0.497 e. The van der Waals surface area contributed by atoms with Gasteiger partial charge in [0.15, 0.2) is 0 Å². The van der Waals surface area contributed by atoms with Crippen molar-refractivity contribution in [1.82, 2.24) is 15.5 Å². The second kappa shape index (κ2) is 8.44. The van der Waals surface area contributed by atoms with E-state index in [2.05, 4.69) is 15.5 Å². The van der Waals surface area contributed by atoms with Gasteiger partial charge in [0.05, 0.1) is 13.2 Å². The number of ether oxygens (including phenoxy) is 1. The van der Waals surface area contributed by atoms with Crippen LogP contribution in [-0.4, -0.2) is 23.2 Å². The summed E-state index contributed by atoms with van der Waals surface area (Å²) in [6, 6.07) is 13.2. The monoisotopic (exact) mass is 369 g/mol. The molecular formula is C20H20FN3O3. The van der Waals surface area contributed by atoms with E-state index in [1.807, 2.05) is 31.2 Å². The number of benzene rings is 2. The van der Waals surface area contributed by atoms with Crippen molar-refractivity contribution in [2.75, 3.05) is 7.11 Å². The van der Waals surface area contributed by atoms with Gasteiger partial charge >= 0.3 is 0 Å². The Morgan fingerprint density at radius 1 is 1.26 bits per heavy atom. The number of amides is 1. The second-order valence-electron chi connectivity index (χ2n) is 6.08. The van der Waals surface area contributed by atoms with E-state index < -0.39 is 0 Å². The van der Waals surface area contributed by atoms with Crippen LogP contribution in [0.3, 0.4) is 0 Å². The quantitative estimate of drug-likeness (QED) is 0.687. The third-order valence-corrected chi connectivity index (χ3v) is 4.11. The van der Waals surface area contributed by atoms with Crippen molar-refractivity contribution in [3.05, 3.63) is 65.8 Å². The molecule has 1 heterocycles. The zero-order valence-corrected chi connectivity index (χ0v) is 15.1. The lowest BCUT2D eigenvalue weighted by atomic mass is 10.1. The molecule has 0 saturated carbocycles. The van der Waals surface area contributed by atoms with Gasteiger partial charge in [-0.2, -0.15) is 4.98 Å². The molecule has 1 amide bonds. The van der Waals surface area contributed by atoms with Crippen LogP contribution in [0, 0.1) is 5.82 Å². The summed E-state index contributed by atoms with van der Waals surface area (Å²) >= 11 is 0. The second-order valence-corrected chi connectivity index (χ2v) is 6.08.